The summed E-state index contributed by atoms with van der Waals surface area (Å²) in [6.07, 6.45) is 2.94. The summed E-state index contributed by atoms with van der Waals surface area (Å²) in [5, 5.41) is 9.59. The number of benzene rings is 2. The van der Waals surface area contributed by atoms with E-state index >= 15 is 0 Å². The van der Waals surface area contributed by atoms with Gasteiger partial charge < -0.3 is 21.3 Å². The first-order valence-corrected chi connectivity index (χ1v) is 12.5. The standard InChI is InChI=1S/C26H26FN7OS/c1-16-6-7-18(10-21(16)27)30-12-20-24(28)32-15-33-25(20)34-9-8-29-22(13-34)26(35)31-11-17-14-36-23-5-3-2-4-19(17)23/h2-7,10,12,14-15,22,29H,8-9,11,13H2,1H3,(H,31,35)(H2,28,32,33). The molecule has 1 aliphatic heterocycles. The largest absolute Gasteiger partial charge is 0.383 e. The summed E-state index contributed by atoms with van der Waals surface area (Å²) in [7, 11) is 0. The van der Waals surface area contributed by atoms with Crippen LogP contribution in [0, 0.1) is 12.7 Å². The van der Waals surface area contributed by atoms with Crippen LogP contribution in [-0.2, 0) is 11.3 Å². The Morgan fingerprint density at radius 2 is 2.19 bits per heavy atom. The van der Waals surface area contributed by atoms with Crippen LogP contribution in [0.4, 0.5) is 21.7 Å². The molecule has 4 N–H and O–H groups in total. The molecule has 10 heteroatoms. The number of carbonyl (C=O) groups excluding carboxylic acids is 1. The lowest BCUT2D eigenvalue weighted by atomic mass is 10.1. The number of nitrogens with zero attached hydrogens (tertiary/aromatic N) is 4. The van der Waals surface area contributed by atoms with E-state index in [1.165, 1.54) is 17.1 Å². The molecule has 1 atom stereocenters. The topological polar surface area (TPSA) is 109 Å². The Hall–Kier alpha value is -3.89. The molecule has 4 aromatic rings. The van der Waals surface area contributed by atoms with Crippen LogP contribution in [0.1, 0.15) is 16.7 Å². The summed E-state index contributed by atoms with van der Waals surface area (Å²) in [4.78, 5) is 27.9. The zero-order chi connectivity index (χ0) is 25.1. The third-order valence-corrected chi connectivity index (χ3v) is 7.21. The van der Waals surface area contributed by atoms with E-state index in [1.807, 2.05) is 17.0 Å². The van der Waals surface area contributed by atoms with E-state index < -0.39 is 6.04 Å². The highest BCUT2D eigenvalue weighted by atomic mass is 32.1. The number of thiophene rings is 1. The number of piperazine rings is 1. The van der Waals surface area contributed by atoms with E-state index in [0.717, 1.165) is 10.9 Å². The van der Waals surface area contributed by atoms with E-state index in [2.05, 4.69) is 43.1 Å². The van der Waals surface area contributed by atoms with Crippen molar-refractivity contribution in [3.05, 3.63) is 76.7 Å². The molecule has 1 saturated heterocycles. The highest BCUT2D eigenvalue weighted by molar-refractivity contribution is 7.17. The average Bonchev–Trinajstić information content (AvgIpc) is 3.31. The Bertz CT molecular complexity index is 1440. The number of aryl methyl sites for hydroxylation is 1. The highest BCUT2D eigenvalue weighted by Gasteiger charge is 2.27. The van der Waals surface area contributed by atoms with Crippen LogP contribution in [0.3, 0.4) is 0 Å². The van der Waals surface area contributed by atoms with Crippen LogP contribution in [0.5, 0.6) is 0 Å². The first-order valence-electron chi connectivity index (χ1n) is 11.6. The van der Waals surface area contributed by atoms with Gasteiger partial charge in [-0.2, -0.15) is 0 Å². The van der Waals surface area contributed by atoms with Crippen LogP contribution < -0.4 is 21.3 Å². The van der Waals surface area contributed by atoms with Gasteiger partial charge in [0.15, 0.2) is 0 Å². The number of carbonyl (C=O) groups is 1. The number of amides is 1. The molecule has 1 unspecified atom stereocenters. The lowest BCUT2D eigenvalue weighted by molar-refractivity contribution is -0.123. The first kappa shape index (κ1) is 23.8. The van der Waals surface area contributed by atoms with Gasteiger partial charge >= 0.3 is 0 Å². The minimum Gasteiger partial charge on any atom is -0.383 e. The molecule has 1 amide bonds. The van der Waals surface area contributed by atoms with Gasteiger partial charge in [-0.3, -0.25) is 9.79 Å². The van der Waals surface area contributed by atoms with E-state index in [0.29, 0.717) is 48.8 Å². The number of nitrogens with two attached hydrogens (primary N) is 1. The molecule has 3 heterocycles. The summed E-state index contributed by atoms with van der Waals surface area (Å²) >= 11 is 1.67. The molecule has 0 radical (unpaired) electrons. The number of hydrogen-bond acceptors (Lipinski definition) is 8. The second-order valence-corrected chi connectivity index (χ2v) is 9.53. The van der Waals surface area contributed by atoms with Crippen LogP contribution in [0.2, 0.25) is 0 Å². The molecular formula is C26H26FN7OS. The van der Waals surface area contributed by atoms with Crippen molar-refractivity contribution in [2.75, 3.05) is 30.3 Å². The normalized spacial score (nSPS) is 16.1. The number of aliphatic imine (C=N–C) groups is 1. The summed E-state index contributed by atoms with van der Waals surface area (Å²) < 4.78 is 15.1. The molecule has 0 spiro atoms. The van der Waals surface area contributed by atoms with Crippen molar-refractivity contribution in [1.82, 2.24) is 20.6 Å². The second kappa shape index (κ2) is 10.4. The predicted octanol–water partition coefficient (Wildman–Crippen LogP) is 3.57. The van der Waals surface area contributed by atoms with Crippen LogP contribution in [0.15, 0.2) is 59.2 Å². The quantitative estimate of drug-likeness (QED) is 0.347. The fourth-order valence-corrected chi connectivity index (χ4v) is 5.13. The number of hydrogen-bond donors (Lipinski definition) is 3. The number of anilines is 2. The van der Waals surface area contributed by atoms with Gasteiger partial charge in [0.2, 0.25) is 5.91 Å². The van der Waals surface area contributed by atoms with Crippen molar-refractivity contribution in [2.24, 2.45) is 4.99 Å². The monoisotopic (exact) mass is 503 g/mol. The molecule has 36 heavy (non-hydrogen) atoms. The van der Waals surface area contributed by atoms with E-state index in [4.69, 9.17) is 5.73 Å². The van der Waals surface area contributed by atoms with Gasteiger partial charge in [0.1, 0.15) is 29.8 Å². The molecule has 0 saturated carbocycles. The zero-order valence-electron chi connectivity index (χ0n) is 19.7. The fourth-order valence-electron chi connectivity index (χ4n) is 4.17. The molecule has 184 valence electrons. The van der Waals surface area contributed by atoms with Crippen molar-refractivity contribution >= 4 is 50.9 Å². The summed E-state index contributed by atoms with van der Waals surface area (Å²) in [5.41, 5.74) is 8.80. The highest BCUT2D eigenvalue weighted by Crippen LogP contribution is 2.26. The van der Waals surface area contributed by atoms with Crippen LogP contribution in [0.25, 0.3) is 10.1 Å². The average molecular weight is 504 g/mol. The van der Waals surface area contributed by atoms with Crippen molar-refractivity contribution in [2.45, 2.75) is 19.5 Å². The Morgan fingerprint density at radius 3 is 3.06 bits per heavy atom. The van der Waals surface area contributed by atoms with Gasteiger partial charge in [-0.05, 0) is 47.0 Å². The van der Waals surface area contributed by atoms with Gasteiger partial charge in [-0.25, -0.2) is 14.4 Å². The summed E-state index contributed by atoms with van der Waals surface area (Å²) in [6.45, 7) is 3.81. The third-order valence-electron chi connectivity index (χ3n) is 6.20. The summed E-state index contributed by atoms with van der Waals surface area (Å²) in [6, 6.07) is 12.5. The van der Waals surface area contributed by atoms with Gasteiger partial charge in [0.25, 0.3) is 0 Å². The Kier molecular flexibility index (Phi) is 6.88. The lowest BCUT2D eigenvalue weighted by Gasteiger charge is -2.34. The third kappa shape index (κ3) is 5.05. The van der Waals surface area contributed by atoms with Gasteiger partial charge in [0, 0.05) is 37.1 Å². The fraction of sp³-hybridized carbons (Fsp3) is 0.231. The maximum absolute atomic E-state index is 13.9. The molecule has 0 aliphatic carbocycles. The van der Waals surface area contributed by atoms with Crippen molar-refractivity contribution < 1.29 is 9.18 Å². The number of nitrogen functional groups attached to an aromatic ring is 1. The Morgan fingerprint density at radius 1 is 1.33 bits per heavy atom. The first-order chi connectivity index (χ1) is 17.5. The number of aromatic nitrogens is 2. The molecule has 2 aromatic carbocycles. The molecule has 1 aliphatic rings. The number of halogens is 1. The van der Waals surface area contributed by atoms with Crippen molar-refractivity contribution in [1.29, 1.82) is 0 Å². The number of fused-ring (bicyclic) bond motifs is 1. The van der Waals surface area contributed by atoms with Gasteiger partial charge in [0.05, 0.1) is 11.3 Å². The molecule has 5 rings (SSSR count). The second-order valence-electron chi connectivity index (χ2n) is 8.62. The maximum atomic E-state index is 13.9. The molecular weight excluding hydrogens is 477 g/mol. The zero-order valence-corrected chi connectivity index (χ0v) is 20.6. The smallest absolute Gasteiger partial charge is 0.239 e. The molecule has 0 bridgehead atoms. The Balaban J connectivity index is 1.30. The van der Waals surface area contributed by atoms with Gasteiger partial charge in [-0.1, -0.05) is 24.3 Å². The number of rotatable bonds is 6. The molecule has 2 aromatic heterocycles. The van der Waals surface area contributed by atoms with Crippen molar-refractivity contribution in [3.8, 4) is 0 Å². The lowest BCUT2D eigenvalue weighted by Crippen LogP contribution is -2.57. The van der Waals surface area contributed by atoms with Crippen LogP contribution in [-0.4, -0.2) is 47.8 Å². The van der Waals surface area contributed by atoms with Crippen LogP contribution >= 0.6 is 11.3 Å². The SMILES string of the molecule is Cc1ccc(N=Cc2c(N)ncnc2N2CCNC(C(=O)NCc3csc4ccccc34)C2)cc1F. The van der Waals surface area contributed by atoms with E-state index in [9.17, 15) is 9.18 Å². The number of nitrogens with one attached hydrogen (secondary N) is 2. The minimum absolute atomic E-state index is 0.0812. The minimum atomic E-state index is -0.421. The summed E-state index contributed by atoms with van der Waals surface area (Å²) in [5.74, 6) is 0.443. The van der Waals surface area contributed by atoms with E-state index in [1.54, 1.807) is 36.6 Å². The van der Waals surface area contributed by atoms with Crippen molar-refractivity contribution in [3.63, 3.8) is 0 Å². The Labute approximate surface area is 212 Å². The predicted molar refractivity (Wildman–Crippen MR) is 143 cm³/mol. The maximum Gasteiger partial charge on any atom is 0.239 e. The van der Waals surface area contributed by atoms with E-state index in [-0.39, 0.29) is 17.5 Å². The van der Waals surface area contributed by atoms with Gasteiger partial charge in [-0.15, -0.1) is 11.3 Å². The molecule has 1 fully saturated rings. The molecule has 8 nitrogen and oxygen atoms in total.